The number of anilines is 1. The third kappa shape index (κ3) is 3.70. The van der Waals surface area contributed by atoms with Gasteiger partial charge in [0.2, 0.25) is 5.91 Å². The summed E-state index contributed by atoms with van der Waals surface area (Å²) in [6.07, 6.45) is 7.52. The summed E-state index contributed by atoms with van der Waals surface area (Å²) in [7, 11) is 0. The molecule has 1 aromatic heterocycles. The lowest BCUT2D eigenvalue weighted by molar-refractivity contribution is -0.120. The number of rotatable bonds is 4. The minimum Gasteiger partial charge on any atom is -0.333 e. The fourth-order valence-corrected chi connectivity index (χ4v) is 2.66. The minimum absolute atomic E-state index is 0.0797. The molecule has 1 aromatic carbocycles. The van der Waals surface area contributed by atoms with E-state index >= 15 is 0 Å². The second-order valence-corrected chi connectivity index (χ2v) is 5.47. The Kier molecular flexibility index (Phi) is 4.31. The molecule has 1 atom stereocenters. The van der Waals surface area contributed by atoms with Crippen molar-refractivity contribution in [2.24, 2.45) is 5.92 Å². The zero-order valence-corrected chi connectivity index (χ0v) is 12.0. The van der Waals surface area contributed by atoms with Gasteiger partial charge >= 0.3 is 0 Å². The van der Waals surface area contributed by atoms with Gasteiger partial charge in [0.15, 0.2) is 0 Å². The maximum atomic E-state index is 12.2. The molecule has 1 aliphatic rings. The predicted molar refractivity (Wildman–Crippen MR) is 82.0 cm³/mol. The van der Waals surface area contributed by atoms with Crippen LogP contribution in [0, 0.1) is 5.92 Å². The largest absolute Gasteiger partial charge is 0.333 e. The topological polar surface area (TPSA) is 59.0 Å². The van der Waals surface area contributed by atoms with Gasteiger partial charge in [-0.1, -0.05) is 12.1 Å². The van der Waals surface area contributed by atoms with Crippen molar-refractivity contribution >= 4 is 11.6 Å². The molecule has 1 amide bonds. The number of nitrogens with zero attached hydrogens (tertiary/aromatic N) is 2. The number of hydrogen-bond acceptors (Lipinski definition) is 3. The van der Waals surface area contributed by atoms with E-state index in [1.54, 1.807) is 12.5 Å². The van der Waals surface area contributed by atoms with Crippen LogP contribution in [0.5, 0.6) is 0 Å². The summed E-state index contributed by atoms with van der Waals surface area (Å²) in [5.74, 6) is 0.193. The summed E-state index contributed by atoms with van der Waals surface area (Å²) < 4.78 is 2.01. The van der Waals surface area contributed by atoms with Crippen LogP contribution in [0.25, 0.3) is 0 Å². The van der Waals surface area contributed by atoms with Crippen molar-refractivity contribution in [1.82, 2.24) is 14.9 Å². The molecule has 3 rings (SSSR count). The number of imidazole rings is 1. The van der Waals surface area contributed by atoms with Gasteiger partial charge in [-0.3, -0.25) is 4.79 Å². The van der Waals surface area contributed by atoms with Crippen LogP contribution in [0.4, 0.5) is 5.69 Å². The van der Waals surface area contributed by atoms with Gasteiger partial charge in [0.25, 0.3) is 0 Å². The minimum atomic E-state index is 0.0797. The number of hydrogen-bond donors (Lipinski definition) is 2. The van der Waals surface area contributed by atoms with E-state index in [0.29, 0.717) is 0 Å². The van der Waals surface area contributed by atoms with Crippen molar-refractivity contribution in [2.75, 3.05) is 18.4 Å². The van der Waals surface area contributed by atoms with E-state index in [9.17, 15) is 4.79 Å². The molecule has 0 spiro atoms. The lowest BCUT2D eigenvalue weighted by atomic mass is 9.99. The maximum absolute atomic E-state index is 12.2. The third-order valence-corrected chi connectivity index (χ3v) is 3.79. The van der Waals surface area contributed by atoms with E-state index in [-0.39, 0.29) is 11.8 Å². The molecule has 0 radical (unpaired) electrons. The Morgan fingerprint density at radius 2 is 2.43 bits per heavy atom. The summed E-state index contributed by atoms with van der Waals surface area (Å²) in [5.41, 5.74) is 2.01. The molecule has 1 saturated heterocycles. The standard InChI is InChI=1S/C16H20N4O/c21-16(14-4-2-6-17-10-14)19-15-5-1-3-13(9-15)11-20-8-7-18-12-20/h1,3,5,7-9,12,14,17H,2,4,6,10-11H2,(H,19,21)/t14-/m1/s1. The van der Waals surface area contributed by atoms with E-state index in [4.69, 9.17) is 0 Å². The highest BCUT2D eigenvalue weighted by Crippen LogP contribution is 2.16. The van der Waals surface area contributed by atoms with Crippen molar-refractivity contribution < 1.29 is 4.79 Å². The smallest absolute Gasteiger partial charge is 0.228 e. The van der Waals surface area contributed by atoms with Gasteiger partial charge < -0.3 is 15.2 Å². The Bertz CT molecular complexity index is 588. The average molecular weight is 284 g/mol. The van der Waals surface area contributed by atoms with Crippen molar-refractivity contribution in [3.8, 4) is 0 Å². The molecule has 2 N–H and O–H groups in total. The Labute approximate surface area is 124 Å². The lowest BCUT2D eigenvalue weighted by Crippen LogP contribution is -2.37. The number of amides is 1. The molecular weight excluding hydrogens is 264 g/mol. The number of aromatic nitrogens is 2. The summed E-state index contributed by atoms with van der Waals surface area (Å²) >= 11 is 0. The Morgan fingerprint density at radius 1 is 1.48 bits per heavy atom. The van der Waals surface area contributed by atoms with Crippen LogP contribution >= 0.6 is 0 Å². The fourth-order valence-electron chi connectivity index (χ4n) is 2.66. The van der Waals surface area contributed by atoms with Crippen molar-refractivity contribution in [1.29, 1.82) is 0 Å². The highest BCUT2D eigenvalue weighted by atomic mass is 16.1. The first-order valence-corrected chi connectivity index (χ1v) is 7.37. The van der Waals surface area contributed by atoms with Crippen LogP contribution in [0.3, 0.4) is 0 Å². The van der Waals surface area contributed by atoms with Crippen LogP contribution in [-0.4, -0.2) is 28.5 Å². The maximum Gasteiger partial charge on any atom is 0.228 e. The molecule has 1 fully saturated rings. The molecule has 2 heterocycles. The summed E-state index contributed by atoms with van der Waals surface area (Å²) in [6.45, 7) is 2.55. The van der Waals surface area contributed by atoms with Gasteiger partial charge in [-0.2, -0.15) is 0 Å². The van der Waals surface area contributed by atoms with Crippen LogP contribution in [0.2, 0.25) is 0 Å². The fraction of sp³-hybridized carbons (Fsp3) is 0.375. The summed E-state index contributed by atoms with van der Waals surface area (Å²) in [6, 6.07) is 7.98. The number of carbonyl (C=O) groups excluding carboxylic acids is 1. The molecule has 21 heavy (non-hydrogen) atoms. The van der Waals surface area contributed by atoms with Crippen molar-refractivity contribution in [2.45, 2.75) is 19.4 Å². The molecule has 110 valence electrons. The van der Waals surface area contributed by atoms with Gasteiger partial charge in [-0.05, 0) is 37.1 Å². The Balaban J connectivity index is 1.63. The Hall–Kier alpha value is -2.14. The SMILES string of the molecule is O=C(Nc1cccc(Cn2ccnc2)c1)[C@@H]1CCCNC1. The second-order valence-electron chi connectivity index (χ2n) is 5.47. The second kappa shape index (κ2) is 6.54. The predicted octanol–water partition coefficient (Wildman–Crippen LogP) is 1.87. The zero-order valence-electron chi connectivity index (χ0n) is 12.0. The lowest BCUT2D eigenvalue weighted by Gasteiger charge is -2.22. The van der Waals surface area contributed by atoms with E-state index in [1.165, 1.54) is 0 Å². The van der Waals surface area contributed by atoms with E-state index in [2.05, 4.69) is 21.7 Å². The van der Waals surface area contributed by atoms with Gasteiger partial charge in [0.05, 0.1) is 12.2 Å². The molecule has 5 heteroatoms. The molecule has 2 aromatic rings. The highest BCUT2D eigenvalue weighted by molar-refractivity contribution is 5.92. The summed E-state index contributed by atoms with van der Waals surface area (Å²) in [4.78, 5) is 16.3. The molecular formula is C16H20N4O. The van der Waals surface area contributed by atoms with E-state index < -0.39 is 0 Å². The zero-order chi connectivity index (χ0) is 14.5. The highest BCUT2D eigenvalue weighted by Gasteiger charge is 2.20. The van der Waals surface area contributed by atoms with Gasteiger partial charge in [-0.25, -0.2) is 4.98 Å². The molecule has 0 unspecified atom stereocenters. The normalized spacial score (nSPS) is 18.4. The van der Waals surface area contributed by atoms with Crippen LogP contribution in [-0.2, 0) is 11.3 Å². The first-order valence-electron chi connectivity index (χ1n) is 7.37. The first-order chi connectivity index (χ1) is 10.3. The number of carbonyl (C=O) groups is 1. The van der Waals surface area contributed by atoms with Crippen molar-refractivity contribution in [3.05, 3.63) is 48.5 Å². The van der Waals surface area contributed by atoms with Crippen LogP contribution in [0.15, 0.2) is 43.0 Å². The number of piperidine rings is 1. The average Bonchev–Trinajstić information content (AvgIpc) is 3.01. The number of benzene rings is 1. The van der Waals surface area contributed by atoms with Gasteiger partial charge in [0.1, 0.15) is 0 Å². The van der Waals surface area contributed by atoms with Crippen LogP contribution in [0.1, 0.15) is 18.4 Å². The molecule has 1 aliphatic heterocycles. The third-order valence-electron chi connectivity index (χ3n) is 3.79. The molecule has 5 nitrogen and oxygen atoms in total. The molecule has 0 aliphatic carbocycles. The Morgan fingerprint density at radius 3 is 3.19 bits per heavy atom. The van der Waals surface area contributed by atoms with Gasteiger partial charge in [-0.15, -0.1) is 0 Å². The monoisotopic (exact) mass is 284 g/mol. The first kappa shape index (κ1) is 13.8. The quantitative estimate of drug-likeness (QED) is 0.901. The van der Waals surface area contributed by atoms with Crippen LogP contribution < -0.4 is 10.6 Å². The van der Waals surface area contributed by atoms with E-state index in [0.717, 1.165) is 43.7 Å². The van der Waals surface area contributed by atoms with E-state index in [1.807, 2.05) is 29.0 Å². The number of nitrogens with one attached hydrogen (secondary N) is 2. The molecule has 0 bridgehead atoms. The van der Waals surface area contributed by atoms with Gasteiger partial charge in [0, 0.05) is 31.2 Å². The molecule has 0 saturated carbocycles. The summed E-state index contributed by atoms with van der Waals surface area (Å²) in [5, 5.41) is 6.30. The van der Waals surface area contributed by atoms with Crippen molar-refractivity contribution in [3.63, 3.8) is 0 Å².